The van der Waals surface area contributed by atoms with Gasteiger partial charge in [0.2, 0.25) is 0 Å². The Kier molecular flexibility index (Phi) is 4.83. The first-order valence-electron chi connectivity index (χ1n) is 7.21. The largest absolute Gasteiger partial charge is 0.469 e. The van der Waals surface area contributed by atoms with Crippen LogP contribution < -0.4 is 0 Å². The summed E-state index contributed by atoms with van der Waals surface area (Å²) in [6, 6.07) is 0. The third-order valence-electron chi connectivity index (χ3n) is 3.63. The topological polar surface area (TPSA) is 54.0 Å². The highest BCUT2D eigenvalue weighted by Gasteiger charge is 2.54. The first-order valence-corrected chi connectivity index (χ1v) is 7.21. The van der Waals surface area contributed by atoms with E-state index < -0.39 is 12.1 Å². The summed E-state index contributed by atoms with van der Waals surface area (Å²) in [5.74, 6) is -0.981. The molecule has 0 amide bonds. The van der Waals surface area contributed by atoms with Crippen molar-refractivity contribution in [3.8, 4) is 0 Å². The summed E-state index contributed by atoms with van der Waals surface area (Å²) >= 11 is 0. The zero-order valence-corrected chi connectivity index (χ0v) is 12.6. The summed E-state index contributed by atoms with van der Waals surface area (Å²) in [6.45, 7) is 5.83. The molecule has 20 heavy (non-hydrogen) atoms. The number of fused-ring (bicyclic) bond motifs is 1. The molecule has 5 nitrogen and oxygen atoms in total. The first-order chi connectivity index (χ1) is 9.46. The monoisotopic (exact) mass is 284 g/mol. The first kappa shape index (κ1) is 15.5. The van der Waals surface area contributed by atoms with Gasteiger partial charge in [0, 0.05) is 5.92 Å². The molecule has 0 spiro atoms. The average molecular weight is 284 g/mol. The average Bonchev–Trinajstić information content (AvgIpc) is 2.83. The molecule has 2 heterocycles. The maximum atomic E-state index is 11.6. The summed E-state index contributed by atoms with van der Waals surface area (Å²) in [5, 5.41) is 0. The fourth-order valence-electron chi connectivity index (χ4n) is 2.69. The molecule has 0 aromatic carbocycles. The van der Waals surface area contributed by atoms with Gasteiger partial charge < -0.3 is 18.9 Å². The van der Waals surface area contributed by atoms with Crippen LogP contribution in [-0.4, -0.2) is 37.4 Å². The number of allylic oxidation sites excluding steroid dienone is 1. The predicted molar refractivity (Wildman–Crippen MR) is 72.9 cm³/mol. The zero-order chi connectivity index (χ0) is 14.8. The molecule has 0 aliphatic carbocycles. The van der Waals surface area contributed by atoms with E-state index in [1.165, 1.54) is 7.11 Å². The van der Waals surface area contributed by atoms with E-state index in [2.05, 4.69) is 13.0 Å². The number of hydrogen-bond donors (Lipinski definition) is 0. The molecule has 1 unspecified atom stereocenters. The zero-order valence-electron chi connectivity index (χ0n) is 12.6. The van der Waals surface area contributed by atoms with Crippen LogP contribution in [0.25, 0.3) is 0 Å². The lowest BCUT2D eigenvalue weighted by Gasteiger charge is -2.23. The van der Waals surface area contributed by atoms with Gasteiger partial charge in [0.15, 0.2) is 12.1 Å². The molecule has 0 aromatic rings. The van der Waals surface area contributed by atoms with Crippen LogP contribution in [0.1, 0.15) is 40.0 Å². The number of rotatable bonds is 5. The minimum Gasteiger partial charge on any atom is -0.469 e. The Morgan fingerprint density at radius 1 is 1.35 bits per heavy atom. The maximum Gasteiger partial charge on any atom is 0.306 e. The number of unbranched alkanes of at least 4 members (excludes halogenated alkanes) is 1. The Hall–Kier alpha value is -0.910. The molecule has 2 saturated heterocycles. The van der Waals surface area contributed by atoms with E-state index in [1.54, 1.807) is 0 Å². The van der Waals surface area contributed by atoms with Crippen molar-refractivity contribution in [1.29, 1.82) is 0 Å². The van der Waals surface area contributed by atoms with Crippen molar-refractivity contribution < 1.29 is 23.7 Å². The summed E-state index contributed by atoms with van der Waals surface area (Å²) in [5.41, 5.74) is 0. The molecule has 2 aliphatic rings. The standard InChI is InChI=1S/C15H24O5/c1-5-6-7-8-11-10(9-12(16)17-4)13-14(18-11)20-15(2,3)19-13/h7-8,10-11,13-14H,5-6,9H2,1-4H3/b8-7-/t10-,11?,13-,14-/m1/s1. The molecule has 2 aliphatic heterocycles. The molecule has 4 atom stereocenters. The molecule has 0 aromatic heterocycles. The Bertz CT molecular complexity index is 376. The summed E-state index contributed by atoms with van der Waals surface area (Å²) in [4.78, 5) is 11.6. The molecule has 0 radical (unpaired) electrons. The predicted octanol–water partition coefficient (Wildman–Crippen LogP) is 2.40. The fourth-order valence-corrected chi connectivity index (χ4v) is 2.69. The lowest BCUT2D eigenvalue weighted by Crippen LogP contribution is -2.31. The number of hydrogen-bond acceptors (Lipinski definition) is 5. The van der Waals surface area contributed by atoms with Gasteiger partial charge in [0.25, 0.3) is 0 Å². The van der Waals surface area contributed by atoms with Crippen LogP contribution in [0.2, 0.25) is 0 Å². The Morgan fingerprint density at radius 2 is 2.10 bits per heavy atom. The molecule has 0 bridgehead atoms. The van der Waals surface area contributed by atoms with Crippen molar-refractivity contribution in [3.05, 3.63) is 12.2 Å². The van der Waals surface area contributed by atoms with Crippen molar-refractivity contribution in [2.24, 2.45) is 5.92 Å². The van der Waals surface area contributed by atoms with Gasteiger partial charge in [0.1, 0.15) is 6.10 Å². The third-order valence-corrected chi connectivity index (χ3v) is 3.63. The normalized spacial score (nSPS) is 35.4. The summed E-state index contributed by atoms with van der Waals surface area (Å²) in [6.07, 6.45) is 5.66. The van der Waals surface area contributed by atoms with Gasteiger partial charge in [-0.1, -0.05) is 25.5 Å². The van der Waals surface area contributed by atoms with E-state index in [1.807, 2.05) is 19.9 Å². The highest BCUT2D eigenvalue weighted by atomic mass is 16.8. The number of carbonyl (C=O) groups excluding carboxylic acids is 1. The van der Waals surface area contributed by atoms with E-state index >= 15 is 0 Å². The van der Waals surface area contributed by atoms with Crippen molar-refractivity contribution in [2.45, 2.75) is 64.3 Å². The van der Waals surface area contributed by atoms with Gasteiger partial charge >= 0.3 is 5.97 Å². The van der Waals surface area contributed by atoms with Crippen molar-refractivity contribution >= 4 is 5.97 Å². The van der Waals surface area contributed by atoms with Crippen LogP contribution in [0, 0.1) is 5.92 Å². The lowest BCUT2D eigenvalue weighted by atomic mass is 9.94. The molecule has 0 N–H and O–H groups in total. The number of esters is 1. The van der Waals surface area contributed by atoms with Crippen LogP contribution in [0.5, 0.6) is 0 Å². The van der Waals surface area contributed by atoms with E-state index in [9.17, 15) is 4.79 Å². The van der Waals surface area contributed by atoms with Crippen LogP contribution in [-0.2, 0) is 23.7 Å². The van der Waals surface area contributed by atoms with Crippen molar-refractivity contribution in [1.82, 2.24) is 0 Å². The smallest absolute Gasteiger partial charge is 0.306 e. The SMILES string of the molecule is CCC/C=C\C1O[C@@H]2OC(C)(C)O[C@@H]2[C@@H]1CC(=O)OC. The second-order valence-corrected chi connectivity index (χ2v) is 5.73. The van der Waals surface area contributed by atoms with Crippen molar-refractivity contribution in [3.63, 3.8) is 0 Å². The van der Waals surface area contributed by atoms with Crippen LogP contribution >= 0.6 is 0 Å². The van der Waals surface area contributed by atoms with Gasteiger partial charge in [-0.3, -0.25) is 4.79 Å². The van der Waals surface area contributed by atoms with Gasteiger partial charge in [-0.2, -0.15) is 0 Å². The van der Waals surface area contributed by atoms with Gasteiger partial charge in [0.05, 0.1) is 19.6 Å². The maximum absolute atomic E-state index is 11.6. The second kappa shape index (κ2) is 6.24. The van der Waals surface area contributed by atoms with Gasteiger partial charge in [-0.05, 0) is 20.3 Å². The quantitative estimate of drug-likeness (QED) is 0.573. The van der Waals surface area contributed by atoms with Crippen LogP contribution in [0.15, 0.2) is 12.2 Å². The summed E-state index contributed by atoms with van der Waals surface area (Å²) < 4.78 is 22.3. The molecular weight excluding hydrogens is 260 g/mol. The fraction of sp³-hybridized carbons (Fsp3) is 0.800. The van der Waals surface area contributed by atoms with Crippen molar-refractivity contribution in [2.75, 3.05) is 7.11 Å². The molecule has 2 fully saturated rings. The minimum absolute atomic E-state index is 0.0673. The number of methoxy groups -OCH3 is 1. The van der Waals surface area contributed by atoms with Gasteiger partial charge in [-0.15, -0.1) is 0 Å². The van der Waals surface area contributed by atoms with E-state index in [0.29, 0.717) is 0 Å². The number of carbonyl (C=O) groups is 1. The van der Waals surface area contributed by atoms with E-state index in [0.717, 1.165) is 12.8 Å². The Labute approximate surface area is 120 Å². The van der Waals surface area contributed by atoms with Crippen LogP contribution in [0.4, 0.5) is 0 Å². The molecule has 2 rings (SSSR count). The van der Waals surface area contributed by atoms with Crippen LogP contribution in [0.3, 0.4) is 0 Å². The Balaban J connectivity index is 2.08. The number of ether oxygens (including phenoxy) is 4. The highest BCUT2D eigenvalue weighted by Crippen LogP contribution is 2.42. The Morgan fingerprint density at radius 3 is 2.75 bits per heavy atom. The van der Waals surface area contributed by atoms with E-state index in [-0.39, 0.29) is 30.5 Å². The molecule has 0 saturated carbocycles. The third kappa shape index (κ3) is 3.40. The summed E-state index contributed by atoms with van der Waals surface area (Å²) in [7, 11) is 1.40. The minimum atomic E-state index is -0.665. The highest BCUT2D eigenvalue weighted by molar-refractivity contribution is 5.69. The second-order valence-electron chi connectivity index (χ2n) is 5.73. The molecule has 114 valence electrons. The van der Waals surface area contributed by atoms with E-state index in [4.69, 9.17) is 18.9 Å². The molecular formula is C15H24O5. The lowest BCUT2D eigenvalue weighted by molar-refractivity contribution is -0.205. The molecule has 5 heteroatoms. The van der Waals surface area contributed by atoms with Gasteiger partial charge in [-0.25, -0.2) is 0 Å².